The van der Waals surface area contributed by atoms with Crippen molar-refractivity contribution in [3.05, 3.63) is 63.6 Å². The van der Waals surface area contributed by atoms with Crippen LogP contribution in [0.15, 0.2) is 41.8 Å². The van der Waals surface area contributed by atoms with Crippen molar-refractivity contribution in [1.82, 2.24) is 30.4 Å². The Balaban J connectivity index is 1.36. The van der Waals surface area contributed by atoms with Crippen LogP contribution in [0.4, 0.5) is 0 Å². The van der Waals surface area contributed by atoms with Gasteiger partial charge in [-0.3, -0.25) is 9.69 Å². The highest BCUT2D eigenvalue weighted by Crippen LogP contribution is 2.20. The Bertz CT molecular complexity index is 907. The number of fused-ring (bicyclic) bond motifs is 1. The Kier molecular flexibility index (Phi) is 5.26. The summed E-state index contributed by atoms with van der Waals surface area (Å²) in [6, 6.07) is 12.5. The lowest BCUT2D eigenvalue weighted by atomic mass is 10.00. The number of nitrogens with one attached hydrogen (secondary N) is 1. The Morgan fingerprint density at radius 3 is 2.93 bits per heavy atom. The predicted octanol–water partition coefficient (Wildman–Crippen LogP) is 2.17. The van der Waals surface area contributed by atoms with Crippen molar-refractivity contribution in [2.75, 3.05) is 6.54 Å². The van der Waals surface area contributed by atoms with Crippen LogP contribution in [-0.2, 0) is 30.8 Å². The number of carbonyl (C=O) groups excluding carboxylic acids is 1. The number of carbonyl (C=O) groups is 1. The lowest BCUT2D eigenvalue weighted by Gasteiger charge is -2.28. The number of thiophene rings is 1. The smallest absolute Gasteiger partial charge is 0.242 e. The average molecular weight is 382 g/mol. The van der Waals surface area contributed by atoms with E-state index in [1.165, 1.54) is 11.1 Å². The number of tetrazole rings is 1. The van der Waals surface area contributed by atoms with Crippen molar-refractivity contribution >= 4 is 17.2 Å². The molecule has 4 rings (SSSR count). The molecule has 1 aromatic carbocycles. The maximum absolute atomic E-state index is 12.4. The van der Waals surface area contributed by atoms with Crippen LogP contribution in [0.2, 0.25) is 0 Å². The van der Waals surface area contributed by atoms with Gasteiger partial charge in [0, 0.05) is 18.0 Å². The number of benzene rings is 1. The molecule has 0 fully saturated rings. The maximum Gasteiger partial charge on any atom is 0.242 e. The highest BCUT2D eigenvalue weighted by molar-refractivity contribution is 7.10. The van der Waals surface area contributed by atoms with Gasteiger partial charge in [0.15, 0.2) is 5.82 Å². The maximum atomic E-state index is 12.4. The largest absolute Gasteiger partial charge is 0.347 e. The number of aromatic nitrogens is 4. The summed E-state index contributed by atoms with van der Waals surface area (Å²) in [5.41, 5.74) is 2.76. The van der Waals surface area contributed by atoms with Crippen LogP contribution in [0, 0.1) is 0 Å². The van der Waals surface area contributed by atoms with Gasteiger partial charge in [-0.15, -0.1) is 16.4 Å². The first-order valence-corrected chi connectivity index (χ1v) is 9.94. The van der Waals surface area contributed by atoms with Gasteiger partial charge in [-0.05, 0) is 46.3 Å². The van der Waals surface area contributed by atoms with E-state index >= 15 is 0 Å². The molecule has 0 saturated heterocycles. The molecule has 1 N–H and O–H groups in total. The number of nitrogens with zero attached hydrogens (tertiary/aromatic N) is 5. The molecule has 0 radical (unpaired) electrons. The molecule has 1 atom stereocenters. The minimum absolute atomic E-state index is 0.0176. The molecule has 0 bridgehead atoms. The molecule has 1 aliphatic heterocycles. The van der Waals surface area contributed by atoms with E-state index in [0.717, 1.165) is 24.4 Å². The van der Waals surface area contributed by atoms with Gasteiger partial charge in [0.1, 0.15) is 6.54 Å². The summed E-state index contributed by atoms with van der Waals surface area (Å²) in [5.74, 6) is 0.627. The molecule has 0 aliphatic carbocycles. The number of rotatable bonds is 6. The lowest BCUT2D eigenvalue weighted by molar-refractivity contribution is -0.122. The number of hydrogen-bond acceptors (Lipinski definition) is 6. The second-order valence-corrected chi connectivity index (χ2v) is 7.77. The number of hydrogen-bond donors (Lipinski definition) is 1. The molecule has 7 nitrogen and oxygen atoms in total. The summed E-state index contributed by atoms with van der Waals surface area (Å²) in [6.07, 6.45) is 1.02. The first kappa shape index (κ1) is 17.8. The van der Waals surface area contributed by atoms with Crippen LogP contribution >= 0.6 is 11.3 Å². The Morgan fingerprint density at radius 1 is 1.26 bits per heavy atom. The second kappa shape index (κ2) is 7.98. The fourth-order valence-electron chi connectivity index (χ4n) is 3.38. The third-order valence-corrected chi connectivity index (χ3v) is 5.88. The molecular formula is C19H22N6OS. The fourth-order valence-corrected chi connectivity index (χ4v) is 4.11. The van der Waals surface area contributed by atoms with Gasteiger partial charge in [0.25, 0.3) is 0 Å². The van der Waals surface area contributed by atoms with E-state index in [9.17, 15) is 4.79 Å². The van der Waals surface area contributed by atoms with Crippen molar-refractivity contribution in [2.24, 2.45) is 0 Å². The zero-order chi connectivity index (χ0) is 18.6. The topological polar surface area (TPSA) is 75.9 Å². The summed E-state index contributed by atoms with van der Waals surface area (Å²) in [4.78, 5) is 15.8. The summed E-state index contributed by atoms with van der Waals surface area (Å²) < 4.78 is 1.59. The van der Waals surface area contributed by atoms with Crippen molar-refractivity contribution in [3.63, 3.8) is 0 Å². The fraction of sp³-hybridized carbons (Fsp3) is 0.368. The minimum atomic E-state index is -0.0894. The minimum Gasteiger partial charge on any atom is -0.347 e. The van der Waals surface area contributed by atoms with Crippen LogP contribution in [-0.4, -0.2) is 37.6 Å². The molecule has 0 saturated carbocycles. The van der Waals surface area contributed by atoms with Crippen LogP contribution in [0.1, 0.15) is 34.8 Å². The molecule has 0 unspecified atom stereocenters. The van der Waals surface area contributed by atoms with E-state index in [1.807, 2.05) is 24.4 Å². The Labute approximate surface area is 162 Å². The van der Waals surface area contributed by atoms with Crippen LogP contribution in [0.25, 0.3) is 0 Å². The molecule has 3 aromatic rings. The monoisotopic (exact) mass is 382 g/mol. The van der Waals surface area contributed by atoms with E-state index in [-0.39, 0.29) is 18.5 Å². The molecule has 140 valence electrons. The molecule has 0 spiro atoms. The third kappa shape index (κ3) is 4.23. The van der Waals surface area contributed by atoms with Gasteiger partial charge in [0.2, 0.25) is 5.91 Å². The molecule has 2 aromatic heterocycles. The molecule has 1 aliphatic rings. The van der Waals surface area contributed by atoms with Crippen molar-refractivity contribution < 1.29 is 4.79 Å². The van der Waals surface area contributed by atoms with E-state index in [0.29, 0.717) is 12.4 Å². The highest BCUT2D eigenvalue weighted by Gasteiger charge is 2.20. The van der Waals surface area contributed by atoms with Crippen LogP contribution in [0.5, 0.6) is 0 Å². The molecule has 3 heterocycles. The molecular weight excluding hydrogens is 360 g/mol. The van der Waals surface area contributed by atoms with Crippen molar-refractivity contribution in [3.8, 4) is 0 Å². The Hall–Kier alpha value is -2.58. The zero-order valence-electron chi connectivity index (χ0n) is 15.2. The molecule has 1 amide bonds. The normalized spacial score (nSPS) is 15.3. The average Bonchev–Trinajstić information content (AvgIpc) is 3.34. The van der Waals surface area contributed by atoms with Gasteiger partial charge in [0.05, 0.1) is 12.6 Å². The van der Waals surface area contributed by atoms with E-state index in [4.69, 9.17) is 0 Å². The molecule has 27 heavy (non-hydrogen) atoms. The third-order valence-electron chi connectivity index (χ3n) is 4.82. The van der Waals surface area contributed by atoms with E-state index in [2.05, 4.69) is 50.0 Å². The van der Waals surface area contributed by atoms with Crippen molar-refractivity contribution in [1.29, 1.82) is 0 Å². The van der Waals surface area contributed by atoms with E-state index < -0.39 is 0 Å². The predicted molar refractivity (Wildman–Crippen MR) is 103 cm³/mol. The van der Waals surface area contributed by atoms with Gasteiger partial charge in [-0.2, -0.15) is 0 Å². The van der Waals surface area contributed by atoms with Crippen LogP contribution < -0.4 is 5.32 Å². The summed E-state index contributed by atoms with van der Waals surface area (Å²) in [6.45, 7) is 4.59. The highest BCUT2D eigenvalue weighted by atomic mass is 32.1. The summed E-state index contributed by atoms with van der Waals surface area (Å²) >= 11 is 1.63. The Morgan fingerprint density at radius 2 is 2.11 bits per heavy atom. The van der Waals surface area contributed by atoms with Crippen LogP contribution in [0.3, 0.4) is 0 Å². The van der Waals surface area contributed by atoms with Gasteiger partial charge < -0.3 is 5.32 Å². The van der Waals surface area contributed by atoms with Gasteiger partial charge in [-0.25, -0.2) is 4.68 Å². The van der Waals surface area contributed by atoms with E-state index in [1.54, 1.807) is 16.0 Å². The standard InChI is InChI=1S/C19H22N6OS/c1-14(17-7-4-10-27-17)20-19(26)13-25-18(21-22-23-25)12-24-9-8-15-5-2-3-6-16(15)11-24/h2-7,10,14H,8-9,11-13H2,1H3,(H,20,26)/t14-/m1/s1. The van der Waals surface area contributed by atoms with Gasteiger partial charge in [-0.1, -0.05) is 30.3 Å². The number of amides is 1. The first-order chi connectivity index (χ1) is 13.2. The first-order valence-electron chi connectivity index (χ1n) is 9.06. The SMILES string of the molecule is C[C@@H](NC(=O)Cn1nnnc1CN1CCc2ccccc2C1)c1cccs1. The summed E-state index contributed by atoms with van der Waals surface area (Å²) in [7, 11) is 0. The molecule has 8 heteroatoms. The van der Waals surface area contributed by atoms with Crippen molar-refractivity contribution in [2.45, 2.75) is 39.0 Å². The van der Waals surface area contributed by atoms with Gasteiger partial charge >= 0.3 is 0 Å². The lowest BCUT2D eigenvalue weighted by Crippen LogP contribution is -2.33. The second-order valence-electron chi connectivity index (χ2n) is 6.79. The zero-order valence-corrected chi connectivity index (χ0v) is 16.0. The quantitative estimate of drug-likeness (QED) is 0.707. The summed E-state index contributed by atoms with van der Waals surface area (Å²) in [5, 5.41) is 16.9.